The van der Waals surface area contributed by atoms with Gasteiger partial charge in [-0.2, -0.15) is 0 Å². The summed E-state index contributed by atoms with van der Waals surface area (Å²) in [6.07, 6.45) is 1.88. The van der Waals surface area contributed by atoms with Crippen LogP contribution in [0.3, 0.4) is 0 Å². The summed E-state index contributed by atoms with van der Waals surface area (Å²) in [6, 6.07) is 8.11. The molecule has 0 aliphatic heterocycles. The van der Waals surface area contributed by atoms with Crippen LogP contribution in [0.15, 0.2) is 50.3 Å². The number of H-pyrrole nitrogens is 1. The monoisotopic (exact) mass is 419 g/mol. The Kier molecular flexibility index (Phi) is 4.58. The minimum absolute atomic E-state index is 0.0462. The predicted molar refractivity (Wildman–Crippen MR) is 102 cm³/mol. The number of carbonyl (C=O) groups excluding carboxylic acids is 1. The quantitative estimate of drug-likeness (QED) is 0.460. The highest BCUT2D eigenvalue weighted by Crippen LogP contribution is 2.35. The normalized spacial score (nSPS) is 11.1. The third-order valence-electron chi connectivity index (χ3n) is 4.11. The Morgan fingerprint density at radius 2 is 1.96 bits per heavy atom. The van der Waals surface area contributed by atoms with Crippen LogP contribution in [0.4, 0.5) is 5.69 Å². The van der Waals surface area contributed by atoms with E-state index in [0.29, 0.717) is 33.3 Å². The van der Waals surface area contributed by atoms with E-state index in [0.717, 1.165) is 10.9 Å². The predicted octanol–water partition coefficient (Wildman–Crippen LogP) is 3.96. The molecule has 0 saturated carbocycles. The van der Waals surface area contributed by atoms with Crippen LogP contribution in [-0.2, 0) is 6.42 Å². The van der Waals surface area contributed by atoms with E-state index in [1.54, 1.807) is 12.1 Å². The molecule has 0 bridgehead atoms. The van der Waals surface area contributed by atoms with Crippen molar-refractivity contribution < 1.29 is 18.8 Å². The maximum Gasteiger partial charge on any atom is 0.439 e. The summed E-state index contributed by atoms with van der Waals surface area (Å²) in [5.41, 5.74) is 2.22. The molecule has 0 spiro atoms. The van der Waals surface area contributed by atoms with Crippen molar-refractivity contribution in [1.29, 1.82) is 0 Å². The maximum atomic E-state index is 12.1. The average molecular weight is 420 g/mol. The summed E-state index contributed by atoms with van der Waals surface area (Å²) in [6.45, 7) is 0. The zero-order valence-electron chi connectivity index (χ0n) is 14.0. The molecule has 0 saturated heterocycles. The largest absolute Gasteiger partial charge is 0.504 e. The molecule has 4 rings (SSSR count). The molecule has 0 radical (unpaired) electrons. The van der Waals surface area contributed by atoms with Gasteiger partial charge in [-0.05, 0) is 40.5 Å². The van der Waals surface area contributed by atoms with Gasteiger partial charge >= 0.3 is 5.76 Å². The molecule has 1 amide bonds. The van der Waals surface area contributed by atoms with E-state index in [9.17, 15) is 14.7 Å². The third-order valence-corrected chi connectivity index (χ3v) is 4.78. The molecule has 2 heterocycles. The van der Waals surface area contributed by atoms with E-state index >= 15 is 0 Å². The zero-order valence-corrected chi connectivity index (χ0v) is 15.5. The summed E-state index contributed by atoms with van der Waals surface area (Å²) in [5, 5.41) is 17.1. The van der Waals surface area contributed by atoms with Crippen molar-refractivity contribution in [1.82, 2.24) is 10.1 Å². The first-order valence-corrected chi connectivity index (χ1v) is 8.71. The lowest BCUT2D eigenvalue weighted by Gasteiger charge is -2.11. The van der Waals surface area contributed by atoms with Crippen LogP contribution in [0.5, 0.6) is 5.75 Å². The number of hydrogen-bond acceptors (Lipinski definition) is 6. The fraction of sp³-hybridized carbons (Fsp3) is 0.0556. The highest BCUT2D eigenvalue weighted by Gasteiger charge is 2.16. The second-order valence-corrected chi connectivity index (χ2v) is 6.71. The van der Waals surface area contributed by atoms with Crippen molar-refractivity contribution in [3.63, 3.8) is 0 Å². The lowest BCUT2D eigenvalue weighted by molar-refractivity contribution is 0.101. The molecule has 3 N–H and O–H groups in total. The number of aromatic hydroxyl groups is 1. The second-order valence-electron chi connectivity index (χ2n) is 5.90. The zero-order chi connectivity index (χ0) is 19.8. The Balaban J connectivity index is 1.62. The van der Waals surface area contributed by atoms with Crippen molar-refractivity contribution in [3.8, 4) is 5.75 Å². The number of anilines is 1. The number of halogens is 2. The Morgan fingerprint density at radius 3 is 2.64 bits per heavy atom. The topological polar surface area (TPSA) is 121 Å². The number of aromatic nitrogens is 2. The maximum absolute atomic E-state index is 12.1. The first-order chi connectivity index (χ1) is 13.4. The van der Waals surface area contributed by atoms with Crippen LogP contribution in [0.25, 0.3) is 11.0 Å². The van der Waals surface area contributed by atoms with Crippen LogP contribution in [0.1, 0.15) is 21.7 Å². The number of phenols is 1. The highest BCUT2D eigenvalue weighted by molar-refractivity contribution is 6.36. The van der Waals surface area contributed by atoms with Crippen molar-refractivity contribution in [2.75, 3.05) is 5.32 Å². The van der Waals surface area contributed by atoms with Gasteiger partial charge in [0.1, 0.15) is 0 Å². The fourth-order valence-corrected chi connectivity index (χ4v) is 3.43. The SMILES string of the molecule is O=C(Nc1cc(Cl)c(Cc2ccc(O)c3occc23)c(Cl)c1)c1noc(=O)[nH]1. The number of nitrogens with zero attached hydrogens (tertiary/aromatic N) is 1. The summed E-state index contributed by atoms with van der Waals surface area (Å²) in [7, 11) is 0. The van der Waals surface area contributed by atoms with Crippen LogP contribution in [0.2, 0.25) is 10.0 Å². The van der Waals surface area contributed by atoms with Crippen LogP contribution in [-0.4, -0.2) is 21.2 Å². The molecule has 0 atom stereocenters. The number of fused-ring (bicyclic) bond motifs is 1. The van der Waals surface area contributed by atoms with E-state index in [1.165, 1.54) is 24.5 Å². The number of amides is 1. The Hall–Kier alpha value is -3.23. The van der Waals surface area contributed by atoms with Gasteiger partial charge in [0.25, 0.3) is 5.91 Å². The van der Waals surface area contributed by atoms with Gasteiger partial charge in [0.15, 0.2) is 11.3 Å². The van der Waals surface area contributed by atoms with Crippen LogP contribution < -0.4 is 11.1 Å². The lowest BCUT2D eigenvalue weighted by Crippen LogP contribution is -2.15. The van der Waals surface area contributed by atoms with E-state index in [1.807, 2.05) is 0 Å². The van der Waals surface area contributed by atoms with Crippen molar-refractivity contribution in [3.05, 3.63) is 74.1 Å². The molecule has 142 valence electrons. The first-order valence-electron chi connectivity index (χ1n) is 7.95. The first kappa shape index (κ1) is 18.1. The van der Waals surface area contributed by atoms with Crippen molar-refractivity contribution in [2.24, 2.45) is 0 Å². The third kappa shape index (κ3) is 3.35. The van der Waals surface area contributed by atoms with Crippen molar-refractivity contribution in [2.45, 2.75) is 6.42 Å². The van der Waals surface area contributed by atoms with Crippen LogP contribution >= 0.6 is 23.2 Å². The summed E-state index contributed by atoms with van der Waals surface area (Å²) < 4.78 is 9.59. The molecule has 10 heteroatoms. The molecule has 0 aliphatic rings. The fourth-order valence-electron chi connectivity index (χ4n) is 2.81. The molecule has 0 fully saturated rings. The molecular formula is C18H11Cl2N3O5. The Morgan fingerprint density at radius 1 is 1.21 bits per heavy atom. The lowest BCUT2D eigenvalue weighted by atomic mass is 10.0. The summed E-state index contributed by atoms with van der Waals surface area (Å²) in [5.74, 6) is -1.74. The number of aromatic amines is 1. The number of phenolic OH excluding ortho intramolecular Hbond substituents is 1. The van der Waals surface area contributed by atoms with Gasteiger partial charge in [-0.1, -0.05) is 29.3 Å². The van der Waals surface area contributed by atoms with Gasteiger partial charge < -0.3 is 14.8 Å². The number of carbonyl (C=O) groups is 1. The minimum Gasteiger partial charge on any atom is -0.504 e. The highest BCUT2D eigenvalue weighted by atomic mass is 35.5. The second kappa shape index (κ2) is 7.06. The molecule has 28 heavy (non-hydrogen) atoms. The Bertz CT molecular complexity index is 1230. The van der Waals surface area contributed by atoms with E-state index in [-0.39, 0.29) is 11.6 Å². The van der Waals surface area contributed by atoms with Gasteiger partial charge in [0, 0.05) is 27.5 Å². The van der Waals surface area contributed by atoms with Gasteiger partial charge in [0.05, 0.1) is 6.26 Å². The number of rotatable bonds is 4. The molecular weight excluding hydrogens is 409 g/mol. The number of benzene rings is 2. The van der Waals surface area contributed by atoms with Crippen LogP contribution in [0, 0.1) is 0 Å². The molecule has 4 aromatic rings. The molecule has 0 unspecified atom stereocenters. The number of furan rings is 1. The van der Waals surface area contributed by atoms with E-state index < -0.39 is 11.7 Å². The minimum atomic E-state index is -0.837. The standard InChI is InChI=1S/C18H11Cl2N3O5/c19-12-6-9(21-17(25)16-22-18(26)28-23-16)7-13(20)11(12)5-8-1-2-14(24)15-10(8)3-4-27-15/h1-4,6-7,24H,5H2,(H,21,25)(H,22,23,26). The average Bonchev–Trinajstić information content (AvgIpc) is 3.29. The van der Waals surface area contributed by atoms with Crippen molar-refractivity contribution >= 4 is 45.8 Å². The van der Waals surface area contributed by atoms with Gasteiger partial charge in [-0.15, -0.1) is 0 Å². The van der Waals surface area contributed by atoms with Gasteiger partial charge in [-0.25, -0.2) is 4.79 Å². The number of hydrogen-bond donors (Lipinski definition) is 3. The summed E-state index contributed by atoms with van der Waals surface area (Å²) >= 11 is 12.7. The number of nitrogens with one attached hydrogen (secondary N) is 2. The molecule has 0 aliphatic carbocycles. The summed E-state index contributed by atoms with van der Waals surface area (Å²) in [4.78, 5) is 25.1. The van der Waals surface area contributed by atoms with Gasteiger partial charge in [-0.3, -0.25) is 14.3 Å². The molecule has 2 aromatic heterocycles. The smallest absolute Gasteiger partial charge is 0.439 e. The van der Waals surface area contributed by atoms with E-state index in [4.69, 9.17) is 27.6 Å². The molecule has 8 nitrogen and oxygen atoms in total. The van der Waals surface area contributed by atoms with E-state index in [2.05, 4.69) is 20.0 Å². The van der Waals surface area contributed by atoms with Gasteiger partial charge in [0.2, 0.25) is 5.82 Å². The molecule has 2 aromatic carbocycles. The Labute approximate surface area is 166 Å².